The molecule has 4 atom stereocenters. The largest absolute Gasteiger partial charge is 0.391 e. The predicted molar refractivity (Wildman–Crippen MR) is 165 cm³/mol. The molecule has 1 fully saturated rings. The van der Waals surface area contributed by atoms with Crippen molar-refractivity contribution in [2.24, 2.45) is 5.41 Å². The molecule has 0 unspecified atom stereocenters. The molecular weight excluding hydrogens is 566 g/mol. The van der Waals surface area contributed by atoms with Gasteiger partial charge in [0.1, 0.15) is 18.1 Å². The molecule has 4 amide bonds. The molecule has 0 bridgehead atoms. The number of amides is 4. The Kier molecular flexibility index (Phi) is 9.98. The van der Waals surface area contributed by atoms with Crippen molar-refractivity contribution in [1.29, 1.82) is 0 Å². The Labute approximate surface area is 255 Å². The van der Waals surface area contributed by atoms with Gasteiger partial charge in [-0.15, -0.1) is 11.3 Å². The van der Waals surface area contributed by atoms with Crippen LogP contribution in [0, 0.1) is 12.3 Å². The molecule has 1 saturated heterocycles. The van der Waals surface area contributed by atoms with Gasteiger partial charge in [0.2, 0.25) is 23.6 Å². The lowest BCUT2D eigenvalue weighted by molar-refractivity contribution is -0.144. The van der Waals surface area contributed by atoms with Gasteiger partial charge >= 0.3 is 0 Å². The predicted octanol–water partition coefficient (Wildman–Crippen LogP) is 3.10. The van der Waals surface area contributed by atoms with Gasteiger partial charge in [-0.3, -0.25) is 19.2 Å². The Morgan fingerprint density at radius 3 is 2.30 bits per heavy atom. The zero-order valence-electron chi connectivity index (χ0n) is 25.1. The second-order valence-corrected chi connectivity index (χ2v) is 12.8. The van der Waals surface area contributed by atoms with E-state index in [9.17, 15) is 24.3 Å². The van der Waals surface area contributed by atoms with Crippen LogP contribution in [0.15, 0.2) is 60.1 Å². The van der Waals surface area contributed by atoms with Crippen molar-refractivity contribution in [1.82, 2.24) is 25.8 Å². The first-order valence-electron chi connectivity index (χ1n) is 14.2. The van der Waals surface area contributed by atoms with Gasteiger partial charge in [0.15, 0.2) is 0 Å². The average molecular weight is 606 g/mol. The van der Waals surface area contributed by atoms with Crippen molar-refractivity contribution in [2.45, 2.75) is 71.8 Å². The Hall–Kier alpha value is -4.09. The lowest BCUT2D eigenvalue weighted by Crippen LogP contribution is -2.59. The van der Waals surface area contributed by atoms with Crippen LogP contribution in [0.2, 0.25) is 0 Å². The number of aliphatic hydroxyl groups excluding tert-OH is 1. The van der Waals surface area contributed by atoms with E-state index in [4.69, 9.17) is 0 Å². The fourth-order valence-corrected chi connectivity index (χ4v) is 5.97. The van der Waals surface area contributed by atoms with Crippen LogP contribution < -0.4 is 16.0 Å². The number of likely N-dealkylation sites (tertiary alicyclic amines) is 1. The maximum atomic E-state index is 13.9. The van der Waals surface area contributed by atoms with E-state index in [-0.39, 0.29) is 25.4 Å². The highest BCUT2D eigenvalue weighted by molar-refractivity contribution is 7.13. The van der Waals surface area contributed by atoms with Crippen molar-refractivity contribution in [3.8, 4) is 10.4 Å². The summed E-state index contributed by atoms with van der Waals surface area (Å²) >= 11 is 1.57. The number of β-amino-alcohol motifs (C(OH)–C–C–N with tert-alkyl or cyclic N) is 1. The Balaban J connectivity index is 1.46. The van der Waals surface area contributed by atoms with E-state index < -0.39 is 47.4 Å². The lowest BCUT2D eigenvalue weighted by atomic mass is 9.85. The molecule has 2 aromatic carbocycles. The summed E-state index contributed by atoms with van der Waals surface area (Å²) in [7, 11) is 0. The molecule has 10 nitrogen and oxygen atoms in total. The van der Waals surface area contributed by atoms with Gasteiger partial charge < -0.3 is 26.0 Å². The van der Waals surface area contributed by atoms with Crippen LogP contribution in [-0.2, 0) is 25.7 Å². The van der Waals surface area contributed by atoms with E-state index in [1.807, 2.05) is 57.5 Å². The number of hydrogen-bond acceptors (Lipinski definition) is 7. The van der Waals surface area contributed by atoms with Crippen molar-refractivity contribution in [2.75, 3.05) is 6.54 Å². The summed E-state index contributed by atoms with van der Waals surface area (Å²) in [4.78, 5) is 59.4. The number of nitrogens with zero attached hydrogens (tertiary/aromatic N) is 2. The van der Waals surface area contributed by atoms with E-state index in [1.165, 1.54) is 11.8 Å². The number of aliphatic hydroxyl groups is 1. The van der Waals surface area contributed by atoms with Gasteiger partial charge in [-0.05, 0) is 29.0 Å². The molecule has 1 aliphatic heterocycles. The number of aryl methyl sites for hydroxylation is 1. The van der Waals surface area contributed by atoms with E-state index in [0.29, 0.717) is 5.56 Å². The van der Waals surface area contributed by atoms with Crippen LogP contribution in [0.4, 0.5) is 0 Å². The molecule has 43 heavy (non-hydrogen) atoms. The monoisotopic (exact) mass is 605 g/mol. The molecule has 0 spiro atoms. The molecule has 1 aliphatic rings. The molecule has 1 aromatic heterocycles. The molecule has 0 radical (unpaired) electrons. The van der Waals surface area contributed by atoms with E-state index in [0.717, 1.165) is 21.7 Å². The summed E-state index contributed by atoms with van der Waals surface area (Å²) < 4.78 is 0. The highest BCUT2D eigenvalue weighted by Crippen LogP contribution is 2.28. The third-order valence-electron chi connectivity index (χ3n) is 7.44. The van der Waals surface area contributed by atoms with Gasteiger partial charge in [0.05, 0.1) is 22.2 Å². The number of aromatic nitrogens is 1. The van der Waals surface area contributed by atoms with Crippen LogP contribution in [0.25, 0.3) is 10.4 Å². The van der Waals surface area contributed by atoms with Crippen LogP contribution in [-0.4, -0.2) is 63.4 Å². The summed E-state index contributed by atoms with van der Waals surface area (Å²) in [6, 6.07) is 13.7. The molecule has 0 saturated carbocycles. The highest BCUT2D eigenvalue weighted by Gasteiger charge is 2.45. The molecule has 3 aromatic rings. The zero-order chi connectivity index (χ0) is 31.3. The maximum absolute atomic E-state index is 13.9. The fourth-order valence-electron chi connectivity index (χ4n) is 5.15. The molecule has 0 aliphatic carbocycles. The summed E-state index contributed by atoms with van der Waals surface area (Å²) in [6.07, 6.45) is -0.792. The number of benzene rings is 2. The van der Waals surface area contributed by atoms with E-state index in [2.05, 4.69) is 20.9 Å². The quantitative estimate of drug-likeness (QED) is 0.296. The van der Waals surface area contributed by atoms with Crippen molar-refractivity contribution in [3.63, 3.8) is 0 Å². The fraction of sp³-hybridized carbons (Fsp3) is 0.406. The normalized spacial score (nSPS) is 18.0. The van der Waals surface area contributed by atoms with Crippen LogP contribution in [0.1, 0.15) is 57.0 Å². The van der Waals surface area contributed by atoms with Crippen LogP contribution in [0.5, 0.6) is 0 Å². The number of carbonyl (C=O) groups excluding carboxylic acids is 4. The third kappa shape index (κ3) is 7.85. The number of hydrogen-bond donors (Lipinski definition) is 4. The molecule has 228 valence electrons. The SMILES string of the molecule is CC(=O)N[C@H](C(=O)N[C@H](C(=O)N1C[C@H](O)C[C@H]1C(=O)NCc1ccc(-c2scnc2C)cc1)C(C)(C)C)c1ccccc1. The number of nitrogens with one attached hydrogen (secondary N) is 3. The molecule has 4 N–H and O–H groups in total. The van der Waals surface area contributed by atoms with Gasteiger partial charge in [0, 0.05) is 26.4 Å². The zero-order valence-corrected chi connectivity index (χ0v) is 25.9. The summed E-state index contributed by atoms with van der Waals surface area (Å²) in [5.74, 6) is -1.80. The van der Waals surface area contributed by atoms with Gasteiger partial charge in [-0.25, -0.2) is 4.98 Å². The third-order valence-corrected chi connectivity index (χ3v) is 8.41. The first kappa shape index (κ1) is 31.8. The molecule has 2 heterocycles. The molecular formula is C32H39N5O5S. The highest BCUT2D eigenvalue weighted by atomic mass is 32.1. The maximum Gasteiger partial charge on any atom is 0.247 e. The summed E-state index contributed by atoms with van der Waals surface area (Å²) in [5.41, 5.74) is 4.54. The number of carbonyl (C=O) groups is 4. The van der Waals surface area contributed by atoms with Crippen molar-refractivity contribution in [3.05, 3.63) is 76.9 Å². The minimum atomic E-state index is -1.02. The Morgan fingerprint density at radius 2 is 1.72 bits per heavy atom. The molecule has 4 rings (SSSR count). The van der Waals surface area contributed by atoms with E-state index in [1.54, 1.807) is 41.7 Å². The van der Waals surface area contributed by atoms with Gasteiger partial charge in [0.25, 0.3) is 0 Å². The first-order chi connectivity index (χ1) is 20.3. The number of rotatable bonds is 9. The van der Waals surface area contributed by atoms with Gasteiger partial charge in [-0.1, -0.05) is 75.4 Å². The lowest BCUT2D eigenvalue weighted by Gasteiger charge is -2.36. The minimum absolute atomic E-state index is 0.0317. The Bertz CT molecular complexity index is 1450. The van der Waals surface area contributed by atoms with Crippen LogP contribution in [0.3, 0.4) is 0 Å². The Morgan fingerprint density at radius 1 is 1.05 bits per heavy atom. The smallest absolute Gasteiger partial charge is 0.247 e. The van der Waals surface area contributed by atoms with Crippen LogP contribution >= 0.6 is 11.3 Å². The first-order valence-corrected chi connectivity index (χ1v) is 15.1. The minimum Gasteiger partial charge on any atom is -0.391 e. The second-order valence-electron chi connectivity index (χ2n) is 11.9. The summed E-state index contributed by atoms with van der Waals surface area (Å²) in [5, 5.41) is 18.9. The topological polar surface area (TPSA) is 141 Å². The standard InChI is InChI=1S/C32H39N5O5S/c1-19-27(43-18-34-19)23-13-11-21(12-14-23)16-33-29(40)25-15-24(39)17-37(25)31(42)28(32(3,4)5)36-30(41)26(35-20(2)38)22-9-7-6-8-10-22/h6-14,18,24-26,28,39H,15-17H2,1-5H3,(H,33,40)(H,35,38)(H,36,41)/t24-,25+,26+,28-/m1/s1. The number of thiazole rings is 1. The van der Waals surface area contributed by atoms with Crippen molar-refractivity contribution >= 4 is 35.0 Å². The van der Waals surface area contributed by atoms with Gasteiger partial charge in [-0.2, -0.15) is 0 Å². The second kappa shape index (κ2) is 13.5. The molecule has 11 heteroatoms. The van der Waals surface area contributed by atoms with Crippen molar-refractivity contribution < 1.29 is 24.3 Å². The van der Waals surface area contributed by atoms with E-state index >= 15 is 0 Å². The average Bonchev–Trinajstić information content (AvgIpc) is 3.58. The summed E-state index contributed by atoms with van der Waals surface area (Å²) in [6.45, 7) is 8.94.